The van der Waals surface area contributed by atoms with Crippen LogP contribution in [0.15, 0.2) is 77.7 Å². The molecule has 166 valence electrons. The highest BCUT2D eigenvalue weighted by Gasteiger charge is 2.21. The maximum atomic E-state index is 13.7. The predicted octanol–water partition coefficient (Wildman–Crippen LogP) is 4.12. The Morgan fingerprint density at radius 3 is 2.19 bits per heavy atom. The average Bonchev–Trinajstić information content (AvgIpc) is 2.76. The van der Waals surface area contributed by atoms with Crippen LogP contribution in [0, 0.1) is 12.7 Å². The van der Waals surface area contributed by atoms with E-state index >= 15 is 0 Å². The van der Waals surface area contributed by atoms with E-state index in [4.69, 9.17) is 4.74 Å². The second-order valence-corrected chi connectivity index (χ2v) is 8.69. The number of aryl methyl sites for hydroxylation is 1. The van der Waals surface area contributed by atoms with Gasteiger partial charge < -0.3 is 10.1 Å². The van der Waals surface area contributed by atoms with Crippen molar-refractivity contribution in [2.24, 2.45) is 0 Å². The lowest BCUT2D eigenvalue weighted by atomic mass is 10.2. The molecule has 0 radical (unpaired) electrons. The topological polar surface area (TPSA) is 102 Å². The minimum absolute atomic E-state index is 0.0314. The van der Waals surface area contributed by atoms with Crippen molar-refractivity contribution in [3.8, 4) is 0 Å². The van der Waals surface area contributed by atoms with Gasteiger partial charge in [0.05, 0.1) is 16.1 Å². The van der Waals surface area contributed by atoms with Gasteiger partial charge >= 0.3 is 5.97 Å². The van der Waals surface area contributed by atoms with Crippen LogP contribution in [0.4, 0.5) is 15.8 Å². The summed E-state index contributed by atoms with van der Waals surface area (Å²) in [6.07, 6.45) is -1.20. The van der Waals surface area contributed by atoms with E-state index in [-0.39, 0.29) is 16.1 Å². The van der Waals surface area contributed by atoms with E-state index in [9.17, 15) is 22.4 Å². The van der Waals surface area contributed by atoms with E-state index in [2.05, 4.69) is 10.0 Å². The molecule has 3 aromatic carbocycles. The molecule has 0 heterocycles. The van der Waals surface area contributed by atoms with Gasteiger partial charge in [-0.15, -0.1) is 0 Å². The molecule has 32 heavy (non-hydrogen) atoms. The molecule has 3 aromatic rings. The molecule has 7 nitrogen and oxygen atoms in total. The first-order valence-electron chi connectivity index (χ1n) is 9.61. The second-order valence-electron chi connectivity index (χ2n) is 7.01. The van der Waals surface area contributed by atoms with Crippen LogP contribution in [0.3, 0.4) is 0 Å². The SMILES string of the molecule is Cc1ccc(NS(=O)(=O)c2ccc(C(=O)OC(C)C(=O)Nc3ccccc3F)cc2)cc1. The van der Waals surface area contributed by atoms with Crippen LogP contribution >= 0.6 is 0 Å². The third kappa shape index (κ3) is 5.70. The number of halogens is 1. The maximum absolute atomic E-state index is 13.7. The van der Waals surface area contributed by atoms with Crippen LogP contribution in [0.2, 0.25) is 0 Å². The van der Waals surface area contributed by atoms with Gasteiger partial charge in [0.15, 0.2) is 6.10 Å². The summed E-state index contributed by atoms with van der Waals surface area (Å²) in [7, 11) is -3.85. The van der Waals surface area contributed by atoms with E-state index in [0.717, 1.165) is 5.56 Å². The van der Waals surface area contributed by atoms with Gasteiger partial charge in [-0.05, 0) is 62.4 Å². The van der Waals surface area contributed by atoms with Crippen molar-refractivity contribution < 1.29 is 27.1 Å². The van der Waals surface area contributed by atoms with Gasteiger partial charge in [-0.2, -0.15) is 0 Å². The molecule has 1 atom stereocenters. The molecule has 0 bridgehead atoms. The summed E-state index contributed by atoms with van der Waals surface area (Å²) in [4.78, 5) is 24.4. The predicted molar refractivity (Wildman–Crippen MR) is 118 cm³/mol. The molecule has 1 unspecified atom stereocenters. The number of nitrogens with one attached hydrogen (secondary N) is 2. The Morgan fingerprint density at radius 1 is 0.938 bits per heavy atom. The molecule has 9 heteroatoms. The van der Waals surface area contributed by atoms with Crippen molar-refractivity contribution in [2.45, 2.75) is 24.8 Å². The molecule has 0 saturated carbocycles. The molecule has 2 N–H and O–H groups in total. The molecule has 0 aliphatic rings. The number of ether oxygens (including phenoxy) is 1. The third-order valence-electron chi connectivity index (χ3n) is 4.49. The summed E-state index contributed by atoms with van der Waals surface area (Å²) < 4.78 is 46.3. The number of esters is 1. The van der Waals surface area contributed by atoms with E-state index in [0.29, 0.717) is 5.69 Å². The summed E-state index contributed by atoms with van der Waals surface area (Å²) in [5.74, 6) is -2.14. The maximum Gasteiger partial charge on any atom is 0.338 e. The average molecular weight is 456 g/mol. The zero-order valence-electron chi connectivity index (χ0n) is 17.3. The normalized spacial score (nSPS) is 12.0. The number of para-hydroxylation sites is 1. The highest BCUT2D eigenvalue weighted by atomic mass is 32.2. The highest BCUT2D eigenvalue weighted by Crippen LogP contribution is 2.18. The highest BCUT2D eigenvalue weighted by molar-refractivity contribution is 7.92. The fraction of sp³-hybridized carbons (Fsp3) is 0.130. The lowest BCUT2D eigenvalue weighted by molar-refractivity contribution is -0.123. The van der Waals surface area contributed by atoms with Crippen molar-refractivity contribution in [1.82, 2.24) is 0 Å². The summed E-state index contributed by atoms with van der Waals surface area (Å²) in [6.45, 7) is 3.24. The third-order valence-corrected chi connectivity index (χ3v) is 5.89. The number of carbonyl (C=O) groups excluding carboxylic acids is 2. The minimum atomic E-state index is -3.85. The Bertz CT molecular complexity index is 1230. The Labute approximate surface area is 185 Å². The lowest BCUT2D eigenvalue weighted by Gasteiger charge is -2.14. The van der Waals surface area contributed by atoms with E-state index in [1.54, 1.807) is 30.3 Å². The Kier molecular flexibility index (Phi) is 6.89. The quantitative estimate of drug-likeness (QED) is 0.521. The van der Waals surface area contributed by atoms with Gasteiger partial charge in [-0.3, -0.25) is 9.52 Å². The zero-order valence-corrected chi connectivity index (χ0v) is 18.1. The van der Waals surface area contributed by atoms with Gasteiger partial charge in [0.25, 0.3) is 15.9 Å². The number of hydrogen-bond donors (Lipinski definition) is 2. The molecule has 0 fully saturated rings. The number of anilines is 2. The molecule has 0 spiro atoms. The van der Waals surface area contributed by atoms with Gasteiger partial charge in [-0.25, -0.2) is 17.6 Å². The molecule has 0 aromatic heterocycles. The van der Waals surface area contributed by atoms with Crippen molar-refractivity contribution >= 4 is 33.3 Å². The summed E-state index contributed by atoms with van der Waals surface area (Å²) >= 11 is 0. The van der Waals surface area contributed by atoms with E-state index in [1.807, 2.05) is 6.92 Å². The second kappa shape index (κ2) is 9.61. The van der Waals surface area contributed by atoms with Crippen molar-refractivity contribution in [2.75, 3.05) is 10.0 Å². The van der Waals surface area contributed by atoms with Gasteiger partial charge in [0.2, 0.25) is 0 Å². The fourth-order valence-electron chi connectivity index (χ4n) is 2.68. The van der Waals surface area contributed by atoms with Crippen LogP contribution in [0.5, 0.6) is 0 Å². The molecule has 3 rings (SSSR count). The van der Waals surface area contributed by atoms with Crippen molar-refractivity contribution in [1.29, 1.82) is 0 Å². The molecular weight excluding hydrogens is 435 g/mol. The standard InChI is InChI=1S/C23H21FN2O5S/c1-15-7-11-18(12-8-15)26-32(29,30)19-13-9-17(10-14-19)23(28)31-16(2)22(27)25-21-6-4-3-5-20(21)24/h3-14,16,26H,1-2H3,(H,25,27). The largest absolute Gasteiger partial charge is 0.449 e. The van der Waals surface area contributed by atoms with Crippen LogP contribution in [0.1, 0.15) is 22.8 Å². The number of rotatable bonds is 7. The number of hydrogen-bond acceptors (Lipinski definition) is 5. The van der Waals surface area contributed by atoms with Gasteiger partial charge in [0.1, 0.15) is 5.82 Å². The molecule has 1 amide bonds. The van der Waals surface area contributed by atoms with Crippen LogP contribution < -0.4 is 10.0 Å². The summed E-state index contributed by atoms with van der Waals surface area (Å²) in [5, 5.41) is 2.34. The number of amides is 1. The van der Waals surface area contributed by atoms with Gasteiger partial charge in [-0.1, -0.05) is 29.8 Å². The monoisotopic (exact) mass is 456 g/mol. The van der Waals surface area contributed by atoms with Crippen LogP contribution in [0.25, 0.3) is 0 Å². The lowest BCUT2D eigenvalue weighted by Crippen LogP contribution is -2.30. The van der Waals surface area contributed by atoms with E-state index in [1.165, 1.54) is 49.4 Å². The Hall–Kier alpha value is -3.72. The Morgan fingerprint density at radius 2 is 1.56 bits per heavy atom. The zero-order chi connectivity index (χ0) is 23.3. The summed E-state index contributed by atoms with van der Waals surface area (Å²) in [5.41, 5.74) is 1.43. The Balaban J connectivity index is 1.63. The molecular formula is C23H21FN2O5S. The summed E-state index contributed by atoms with van der Waals surface area (Å²) in [6, 6.07) is 17.5. The van der Waals surface area contributed by atoms with Crippen LogP contribution in [-0.2, 0) is 19.6 Å². The van der Waals surface area contributed by atoms with Crippen molar-refractivity contribution in [3.05, 3.63) is 89.7 Å². The fourth-order valence-corrected chi connectivity index (χ4v) is 3.74. The first-order valence-corrected chi connectivity index (χ1v) is 11.1. The number of sulfonamides is 1. The molecule has 0 aliphatic heterocycles. The van der Waals surface area contributed by atoms with Crippen molar-refractivity contribution in [3.63, 3.8) is 0 Å². The van der Waals surface area contributed by atoms with E-state index < -0.39 is 33.8 Å². The molecule has 0 aliphatic carbocycles. The van der Waals surface area contributed by atoms with Gasteiger partial charge in [0, 0.05) is 5.69 Å². The number of benzene rings is 3. The number of carbonyl (C=O) groups is 2. The molecule has 0 saturated heterocycles. The first kappa shape index (κ1) is 23.0. The minimum Gasteiger partial charge on any atom is -0.449 e. The first-order chi connectivity index (χ1) is 15.2. The van der Waals surface area contributed by atoms with Crippen LogP contribution in [-0.4, -0.2) is 26.4 Å². The smallest absolute Gasteiger partial charge is 0.338 e.